The maximum Gasteiger partial charge on any atom is 0.193 e. The highest BCUT2D eigenvalue weighted by Gasteiger charge is 2.25. The quantitative estimate of drug-likeness (QED) is 0.349. The smallest absolute Gasteiger partial charge is 0.193 e. The Morgan fingerprint density at radius 2 is 2.04 bits per heavy atom. The number of thiophene rings is 1. The molecule has 2 aliphatic rings. The molecule has 3 heterocycles. The number of nitrogens with zero attached hydrogens (tertiary/aromatic N) is 3. The Kier molecular flexibility index (Phi) is 10.4. The molecule has 1 unspecified atom stereocenters. The molecule has 1 atom stereocenters. The van der Waals surface area contributed by atoms with Gasteiger partial charge in [0.2, 0.25) is 0 Å². The number of piperidine rings is 1. The fourth-order valence-electron chi connectivity index (χ4n) is 3.99. The molecule has 2 saturated heterocycles. The molecule has 0 bridgehead atoms. The van der Waals surface area contributed by atoms with E-state index in [9.17, 15) is 0 Å². The summed E-state index contributed by atoms with van der Waals surface area (Å²) in [5.74, 6) is 2.47. The summed E-state index contributed by atoms with van der Waals surface area (Å²) in [6.45, 7) is 10.6. The predicted molar refractivity (Wildman–Crippen MR) is 125 cm³/mol. The normalized spacial score (nSPS) is 22.1. The van der Waals surface area contributed by atoms with Crippen molar-refractivity contribution in [3.8, 4) is 0 Å². The molecule has 0 spiro atoms. The number of ether oxygens (including phenoxy) is 1. The zero-order chi connectivity index (χ0) is 18.2. The van der Waals surface area contributed by atoms with E-state index in [2.05, 4.69) is 39.6 Å². The number of rotatable bonds is 7. The molecule has 2 fully saturated rings. The predicted octanol–water partition coefficient (Wildman–Crippen LogP) is 3.51. The molecule has 27 heavy (non-hydrogen) atoms. The van der Waals surface area contributed by atoms with Crippen LogP contribution in [0.15, 0.2) is 22.5 Å². The lowest BCUT2D eigenvalue weighted by Gasteiger charge is -2.31. The Balaban J connectivity index is 0.00000261. The molecule has 5 nitrogen and oxygen atoms in total. The molecular weight excluding hydrogens is 471 g/mol. The third-order valence-corrected chi connectivity index (χ3v) is 6.35. The van der Waals surface area contributed by atoms with E-state index in [1.54, 1.807) is 7.11 Å². The molecule has 3 rings (SSSR count). The van der Waals surface area contributed by atoms with Crippen molar-refractivity contribution in [3.63, 3.8) is 0 Å². The van der Waals surface area contributed by atoms with E-state index in [4.69, 9.17) is 9.73 Å². The first-order valence-corrected chi connectivity index (χ1v) is 10.9. The van der Waals surface area contributed by atoms with Crippen LogP contribution in [0.25, 0.3) is 0 Å². The number of hydrogen-bond donors (Lipinski definition) is 1. The Bertz CT molecular complexity index is 546. The molecule has 2 aliphatic heterocycles. The largest absolute Gasteiger partial charge is 0.384 e. The number of hydrogen-bond acceptors (Lipinski definition) is 4. The molecule has 154 valence electrons. The van der Waals surface area contributed by atoms with Crippen LogP contribution in [0.1, 0.15) is 31.1 Å². The molecule has 1 N–H and O–H groups in total. The van der Waals surface area contributed by atoms with Crippen LogP contribution in [-0.4, -0.2) is 68.7 Å². The van der Waals surface area contributed by atoms with E-state index < -0.39 is 0 Å². The lowest BCUT2D eigenvalue weighted by Crippen LogP contribution is -2.41. The lowest BCUT2D eigenvalue weighted by molar-refractivity contribution is 0.157. The minimum atomic E-state index is 0. The summed E-state index contributed by atoms with van der Waals surface area (Å²) in [5, 5.41) is 5.67. The average molecular weight is 506 g/mol. The number of aliphatic imine (C=N–C) groups is 1. The number of halogens is 1. The maximum absolute atomic E-state index is 5.33. The first-order valence-electron chi connectivity index (χ1n) is 10.1. The fraction of sp³-hybridized carbons (Fsp3) is 0.750. The van der Waals surface area contributed by atoms with Gasteiger partial charge in [0, 0.05) is 50.6 Å². The standard InChI is InChI=1S/C20H34N4OS.HI/c1-3-21-20(24-11-8-18(14-24)16-25-2)22-13-17-6-9-23(10-7-17)15-19-5-4-12-26-19;/h4-5,12,17-18H,3,6-11,13-16H2,1-2H3,(H,21,22);1H. The first-order chi connectivity index (χ1) is 12.8. The van der Waals surface area contributed by atoms with Crippen molar-refractivity contribution in [2.24, 2.45) is 16.8 Å². The van der Waals surface area contributed by atoms with Gasteiger partial charge in [-0.3, -0.25) is 9.89 Å². The molecular formula is C20H35IN4OS. The van der Waals surface area contributed by atoms with Crippen LogP contribution < -0.4 is 5.32 Å². The van der Waals surface area contributed by atoms with Gasteiger partial charge in [-0.1, -0.05) is 6.07 Å². The van der Waals surface area contributed by atoms with Crippen LogP contribution in [0, 0.1) is 11.8 Å². The minimum absolute atomic E-state index is 0. The Hall–Kier alpha value is -0.380. The van der Waals surface area contributed by atoms with Crippen molar-refractivity contribution in [1.82, 2.24) is 15.1 Å². The van der Waals surface area contributed by atoms with Crippen LogP contribution in [0.4, 0.5) is 0 Å². The van der Waals surface area contributed by atoms with Crippen molar-refractivity contribution in [3.05, 3.63) is 22.4 Å². The fourth-order valence-corrected chi connectivity index (χ4v) is 4.73. The van der Waals surface area contributed by atoms with Gasteiger partial charge in [0.15, 0.2) is 5.96 Å². The molecule has 0 aromatic carbocycles. The SMILES string of the molecule is CCNC(=NCC1CCN(Cc2cccs2)CC1)N1CCC(COC)C1.I. The van der Waals surface area contributed by atoms with Gasteiger partial charge in [-0.25, -0.2) is 0 Å². The molecule has 1 aromatic heterocycles. The van der Waals surface area contributed by atoms with Crippen LogP contribution in [-0.2, 0) is 11.3 Å². The van der Waals surface area contributed by atoms with Gasteiger partial charge in [-0.15, -0.1) is 35.3 Å². The molecule has 7 heteroatoms. The van der Waals surface area contributed by atoms with E-state index in [-0.39, 0.29) is 24.0 Å². The van der Waals surface area contributed by atoms with Gasteiger partial charge in [0.1, 0.15) is 0 Å². The monoisotopic (exact) mass is 506 g/mol. The molecule has 0 amide bonds. The second-order valence-corrected chi connectivity index (χ2v) is 8.58. The molecule has 0 radical (unpaired) electrons. The van der Waals surface area contributed by atoms with Gasteiger partial charge in [-0.2, -0.15) is 0 Å². The summed E-state index contributed by atoms with van der Waals surface area (Å²) >= 11 is 1.87. The van der Waals surface area contributed by atoms with Crippen LogP contribution >= 0.6 is 35.3 Å². The Labute approximate surface area is 185 Å². The molecule has 1 aromatic rings. The summed E-state index contributed by atoms with van der Waals surface area (Å²) in [5.41, 5.74) is 0. The number of nitrogens with one attached hydrogen (secondary N) is 1. The minimum Gasteiger partial charge on any atom is -0.384 e. The summed E-state index contributed by atoms with van der Waals surface area (Å²) in [6.07, 6.45) is 3.74. The van der Waals surface area contributed by atoms with E-state index in [1.807, 2.05) is 11.3 Å². The molecule has 0 saturated carbocycles. The summed E-state index contributed by atoms with van der Waals surface area (Å²) in [4.78, 5) is 11.5. The van der Waals surface area contributed by atoms with E-state index in [0.29, 0.717) is 5.92 Å². The van der Waals surface area contributed by atoms with E-state index >= 15 is 0 Å². The third-order valence-electron chi connectivity index (χ3n) is 5.49. The van der Waals surface area contributed by atoms with Crippen molar-refractivity contribution < 1.29 is 4.74 Å². The van der Waals surface area contributed by atoms with Gasteiger partial charge in [0.25, 0.3) is 0 Å². The van der Waals surface area contributed by atoms with Gasteiger partial charge < -0.3 is 15.0 Å². The van der Waals surface area contributed by atoms with E-state index in [1.165, 1.54) is 37.2 Å². The van der Waals surface area contributed by atoms with Crippen molar-refractivity contribution in [2.45, 2.75) is 32.7 Å². The second kappa shape index (κ2) is 12.2. The lowest BCUT2D eigenvalue weighted by atomic mass is 9.97. The van der Waals surface area contributed by atoms with Gasteiger partial charge in [0.05, 0.1) is 6.61 Å². The number of likely N-dealkylation sites (tertiary alicyclic amines) is 2. The zero-order valence-corrected chi connectivity index (χ0v) is 19.9. The van der Waals surface area contributed by atoms with Crippen LogP contribution in [0.3, 0.4) is 0 Å². The maximum atomic E-state index is 5.33. The second-order valence-electron chi connectivity index (χ2n) is 7.55. The highest BCUT2D eigenvalue weighted by Crippen LogP contribution is 2.21. The van der Waals surface area contributed by atoms with Crippen molar-refractivity contribution >= 4 is 41.3 Å². The Morgan fingerprint density at radius 1 is 1.26 bits per heavy atom. The number of methoxy groups -OCH3 is 1. The average Bonchev–Trinajstić information content (AvgIpc) is 3.32. The van der Waals surface area contributed by atoms with Crippen LogP contribution in [0.5, 0.6) is 0 Å². The van der Waals surface area contributed by atoms with Gasteiger partial charge >= 0.3 is 0 Å². The summed E-state index contributed by atoms with van der Waals surface area (Å²) in [6, 6.07) is 4.40. The van der Waals surface area contributed by atoms with Crippen molar-refractivity contribution in [1.29, 1.82) is 0 Å². The highest BCUT2D eigenvalue weighted by atomic mass is 127. The highest BCUT2D eigenvalue weighted by molar-refractivity contribution is 14.0. The number of guanidine groups is 1. The van der Waals surface area contributed by atoms with Gasteiger partial charge in [-0.05, 0) is 56.6 Å². The summed E-state index contributed by atoms with van der Waals surface area (Å²) < 4.78 is 5.33. The van der Waals surface area contributed by atoms with Crippen molar-refractivity contribution in [2.75, 3.05) is 53.0 Å². The topological polar surface area (TPSA) is 40.1 Å². The third kappa shape index (κ3) is 7.18. The molecule has 0 aliphatic carbocycles. The summed E-state index contributed by atoms with van der Waals surface area (Å²) in [7, 11) is 1.80. The zero-order valence-electron chi connectivity index (χ0n) is 16.7. The van der Waals surface area contributed by atoms with E-state index in [0.717, 1.165) is 51.2 Å². The van der Waals surface area contributed by atoms with Crippen LogP contribution in [0.2, 0.25) is 0 Å². The Morgan fingerprint density at radius 3 is 2.70 bits per heavy atom. The first kappa shape index (κ1) is 22.9.